The lowest BCUT2D eigenvalue weighted by molar-refractivity contribution is -0.150. The van der Waals surface area contributed by atoms with Crippen molar-refractivity contribution in [1.29, 1.82) is 10.5 Å². The lowest BCUT2D eigenvalue weighted by Crippen LogP contribution is -2.41. The molecule has 34 heavy (non-hydrogen) atoms. The zero-order valence-electron chi connectivity index (χ0n) is 18.0. The predicted octanol–water partition coefficient (Wildman–Crippen LogP) is 2.44. The van der Waals surface area contributed by atoms with Crippen LogP contribution in [0.15, 0.2) is 65.1 Å². The van der Waals surface area contributed by atoms with Crippen LogP contribution in [0.2, 0.25) is 0 Å². The molecule has 0 bridgehead atoms. The van der Waals surface area contributed by atoms with Crippen molar-refractivity contribution in [3.8, 4) is 12.1 Å². The summed E-state index contributed by atoms with van der Waals surface area (Å²) in [5.41, 5.74) is 0.553. The van der Waals surface area contributed by atoms with E-state index in [1.807, 2.05) is 0 Å². The van der Waals surface area contributed by atoms with Crippen molar-refractivity contribution >= 4 is 33.2 Å². The van der Waals surface area contributed by atoms with Gasteiger partial charge in [-0.2, -0.15) is 14.8 Å². The summed E-state index contributed by atoms with van der Waals surface area (Å²) in [7, 11) is -3.63. The molecule has 9 nitrogen and oxygen atoms in total. The van der Waals surface area contributed by atoms with Gasteiger partial charge in [0.1, 0.15) is 17.7 Å². The van der Waals surface area contributed by atoms with Gasteiger partial charge in [0, 0.05) is 18.7 Å². The predicted molar refractivity (Wildman–Crippen MR) is 121 cm³/mol. The number of carbonyl (C=O) groups is 2. The third-order valence-electron chi connectivity index (χ3n) is 5.90. The summed E-state index contributed by atoms with van der Waals surface area (Å²) in [6.07, 6.45) is 0.598. The molecule has 0 aromatic heterocycles. The van der Waals surface area contributed by atoms with Gasteiger partial charge in [0.05, 0.1) is 22.1 Å². The van der Waals surface area contributed by atoms with Crippen LogP contribution >= 0.6 is 0 Å². The topological polar surface area (TPSA) is 132 Å². The molecule has 0 N–H and O–H groups in total. The van der Waals surface area contributed by atoms with Crippen LogP contribution in [0.25, 0.3) is 5.57 Å². The molecule has 4 rings (SSSR count). The molecule has 2 aliphatic heterocycles. The highest BCUT2D eigenvalue weighted by molar-refractivity contribution is 7.89. The van der Waals surface area contributed by atoms with Crippen LogP contribution in [0.3, 0.4) is 0 Å². The van der Waals surface area contributed by atoms with E-state index in [1.165, 1.54) is 21.3 Å². The summed E-state index contributed by atoms with van der Waals surface area (Å²) in [5, 5.41) is 18.4. The van der Waals surface area contributed by atoms with E-state index >= 15 is 0 Å². The number of benzene rings is 2. The molecule has 1 amide bonds. The van der Waals surface area contributed by atoms with Gasteiger partial charge in [-0.1, -0.05) is 36.4 Å². The van der Waals surface area contributed by atoms with Crippen molar-refractivity contribution in [2.24, 2.45) is 5.92 Å². The first-order chi connectivity index (χ1) is 16.4. The van der Waals surface area contributed by atoms with Gasteiger partial charge in [0.2, 0.25) is 10.0 Å². The zero-order valence-corrected chi connectivity index (χ0v) is 18.9. The normalized spacial score (nSPS) is 16.5. The van der Waals surface area contributed by atoms with Crippen molar-refractivity contribution in [2.75, 3.05) is 24.7 Å². The quantitative estimate of drug-likeness (QED) is 0.368. The van der Waals surface area contributed by atoms with Gasteiger partial charge in [-0.15, -0.1) is 0 Å². The Morgan fingerprint density at radius 3 is 2.26 bits per heavy atom. The van der Waals surface area contributed by atoms with Crippen LogP contribution in [0.1, 0.15) is 18.4 Å². The molecule has 0 saturated carbocycles. The maximum atomic E-state index is 12.9. The number of sulfonamides is 1. The van der Waals surface area contributed by atoms with Gasteiger partial charge in [-0.05, 0) is 31.0 Å². The Kier molecular flexibility index (Phi) is 6.46. The smallest absolute Gasteiger partial charge is 0.310 e. The van der Waals surface area contributed by atoms with E-state index in [2.05, 4.69) is 0 Å². The summed E-state index contributed by atoms with van der Waals surface area (Å²) in [6.45, 7) is -0.00302. The molecular weight excluding hydrogens is 456 g/mol. The molecule has 0 aliphatic carbocycles. The third-order valence-corrected chi connectivity index (χ3v) is 7.81. The number of piperidine rings is 1. The Balaban J connectivity index is 1.41. The van der Waals surface area contributed by atoms with Gasteiger partial charge >= 0.3 is 5.97 Å². The Bertz CT molecular complexity index is 1330. The first kappa shape index (κ1) is 23.2. The second-order valence-corrected chi connectivity index (χ2v) is 9.75. The second kappa shape index (κ2) is 9.48. The zero-order chi connectivity index (χ0) is 24.3. The fraction of sp³-hybridized carbons (Fsp3) is 0.250. The number of allylic oxidation sites excluding steroid dienone is 1. The molecule has 2 aliphatic rings. The maximum absolute atomic E-state index is 12.9. The second-order valence-electron chi connectivity index (χ2n) is 7.81. The number of anilines is 1. The van der Waals surface area contributed by atoms with Gasteiger partial charge in [-0.3, -0.25) is 14.5 Å². The molecule has 2 heterocycles. The van der Waals surface area contributed by atoms with Crippen molar-refractivity contribution in [3.63, 3.8) is 0 Å². The van der Waals surface area contributed by atoms with Crippen molar-refractivity contribution in [3.05, 3.63) is 65.7 Å². The first-order valence-electron chi connectivity index (χ1n) is 10.6. The molecule has 172 valence electrons. The molecule has 0 spiro atoms. The van der Waals surface area contributed by atoms with E-state index in [0.29, 0.717) is 24.1 Å². The lowest BCUT2D eigenvalue weighted by atomic mass is 9.98. The number of hydrogen-bond acceptors (Lipinski definition) is 7. The SMILES string of the molecule is N#CC(C#N)=C1C(=O)N(COC(=O)C2CCN(S(=O)(=O)c3ccccc3)CC2)c2ccccc21. The number of esters is 1. The highest BCUT2D eigenvalue weighted by Crippen LogP contribution is 2.38. The molecule has 2 aromatic rings. The lowest BCUT2D eigenvalue weighted by Gasteiger charge is -2.30. The monoisotopic (exact) mass is 476 g/mol. The van der Waals surface area contributed by atoms with E-state index in [9.17, 15) is 28.5 Å². The van der Waals surface area contributed by atoms with E-state index in [4.69, 9.17) is 4.74 Å². The molecule has 1 saturated heterocycles. The largest absolute Gasteiger partial charge is 0.444 e. The summed E-state index contributed by atoms with van der Waals surface area (Å²) >= 11 is 0. The standard InChI is InChI=1S/C24H20N4O5S/c25-14-18(15-26)22-20-8-4-5-9-21(20)28(23(22)29)16-33-24(30)17-10-12-27(13-11-17)34(31,32)19-6-2-1-3-7-19/h1-9,17H,10-13,16H2. The minimum absolute atomic E-state index is 0.0175. The van der Waals surface area contributed by atoms with Gasteiger partial charge in [0.25, 0.3) is 5.91 Å². The number of rotatable bonds is 5. The number of nitrogens with zero attached hydrogens (tertiary/aromatic N) is 4. The molecular formula is C24H20N4O5S. The number of nitriles is 2. The number of amides is 1. The number of fused-ring (bicyclic) bond motifs is 1. The number of hydrogen-bond donors (Lipinski definition) is 0. The van der Waals surface area contributed by atoms with Crippen LogP contribution in [0.4, 0.5) is 5.69 Å². The fourth-order valence-corrected chi connectivity index (χ4v) is 5.60. The number of carbonyl (C=O) groups excluding carboxylic acids is 2. The summed E-state index contributed by atoms with van der Waals surface area (Å²) in [5.74, 6) is -1.62. The first-order valence-corrected chi connectivity index (χ1v) is 12.0. The molecule has 2 aromatic carbocycles. The van der Waals surface area contributed by atoms with Crippen molar-refractivity contribution in [2.45, 2.75) is 17.7 Å². The van der Waals surface area contributed by atoms with Crippen LogP contribution in [0.5, 0.6) is 0 Å². The Morgan fingerprint density at radius 2 is 1.62 bits per heavy atom. The fourth-order valence-electron chi connectivity index (χ4n) is 4.11. The van der Waals surface area contributed by atoms with E-state index in [1.54, 1.807) is 54.6 Å². The van der Waals surface area contributed by atoms with Crippen LogP contribution in [-0.4, -0.2) is 44.4 Å². The number of ether oxygens (including phenoxy) is 1. The molecule has 0 atom stereocenters. The van der Waals surface area contributed by atoms with Crippen LogP contribution in [0, 0.1) is 28.6 Å². The van der Waals surface area contributed by atoms with Gasteiger partial charge in [0.15, 0.2) is 6.73 Å². The Morgan fingerprint density at radius 1 is 1.00 bits per heavy atom. The minimum Gasteiger partial charge on any atom is -0.444 e. The molecule has 10 heteroatoms. The third kappa shape index (κ3) is 4.17. The van der Waals surface area contributed by atoms with Crippen molar-refractivity contribution < 1.29 is 22.7 Å². The van der Waals surface area contributed by atoms with Crippen LogP contribution in [-0.2, 0) is 24.3 Å². The average Bonchev–Trinajstić information content (AvgIpc) is 3.15. The summed E-state index contributed by atoms with van der Waals surface area (Å²) in [6, 6.07) is 18.3. The Hall–Kier alpha value is -3.99. The molecule has 1 fully saturated rings. The highest BCUT2D eigenvalue weighted by Gasteiger charge is 2.37. The molecule has 0 unspecified atom stereocenters. The van der Waals surface area contributed by atoms with E-state index in [-0.39, 0.29) is 35.9 Å². The van der Waals surface area contributed by atoms with Crippen molar-refractivity contribution in [1.82, 2.24) is 4.31 Å². The Labute approximate surface area is 197 Å². The summed E-state index contributed by atoms with van der Waals surface area (Å²) < 4.78 is 32.3. The van der Waals surface area contributed by atoms with Gasteiger partial charge in [-0.25, -0.2) is 8.42 Å². The molecule has 0 radical (unpaired) electrons. The minimum atomic E-state index is -3.63. The van der Waals surface area contributed by atoms with Gasteiger partial charge < -0.3 is 4.74 Å². The maximum Gasteiger partial charge on any atom is 0.310 e. The highest BCUT2D eigenvalue weighted by atomic mass is 32.2. The average molecular weight is 477 g/mol. The summed E-state index contributed by atoms with van der Waals surface area (Å²) in [4.78, 5) is 27.0. The van der Waals surface area contributed by atoms with E-state index < -0.39 is 27.8 Å². The van der Waals surface area contributed by atoms with E-state index in [0.717, 1.165) is 0 Å². The van der Waals surface area contributed by atoms with Crippen LogP contribution < -0.4 is 4.90 Å². The number of para-hydroxylation sites is 1.